The highest BCUT2D eigenvalue weighted by Gasteiger charge is 2.31. The molecule has 0 aliphatic carbocycles. The highest BCUT2D eigenvalue weighted by molar-refractivity contribution is 7.91. The van der Waals surface area contributed by atoms with Gasteiger partial charge in [0.05, 0.1) is 14.8 Å². The summed E-state index contributed by atoms with van der Waals surface area (Å²) in [5.41, 5.74) is -0.542. The molecule has 1 saturated heterocycles. The van der Waals surface area contributed by atoms with Crippen LogP contribution in [0.4, 0.5) is 5.69 Å². The van der Waals surface area contributed by atoms with Crippen molar-refractivity contribution in [3.63, 3.8) is 0 Å². The Balaban J connectivity index is 2.06. The van der Waals surface area contributed by atoms with Crippen molar-refractivity contribution < 1.29 is 18.1 Å². The van der Waals surface area contributed by atoms with Crippen molar-refractivity contribution in [2.75, 3.05) is 13.1 Å². The number of likely N-dealkylation sites (tertiary alicyclic amines) is 1. The van der Waals surface area contributed by atoms with E-state index in [-0.39, 0.29) is 21.4 Å². The molecule has 1 heterocycles. The fourth-order valence-corrected chi connectivity index (χ4v) is 5.00. The molecule has 0 radical (unpaired) electrons. The van der Waals surface area contributed by atoms with Crippen LogP contribution in [-0.2, 0) is 9.84 Å². The Labute approximate surface area is 161 Å². The van der Waals surface area contributed by atoms with Gasteiger partial charge in [0.15, 0.2) is 0 Å². The molecule has 3 rings (SSSR count). The number of rotatable bonds is 4. The number of carbonyl (C=O) groups excluding carboxylic acids is 1. The number of hydrogen-bond donors (Lipinski definition) is 0. The lowest BCUT2D eigenvalue weighted by atomic mass is 10.1. The second-order valence-corrected chi connectivity index (χ2v) is 8.52. The van der Waals surface area contributed by atoms with Gasteiger partial charge in [-0.15, -0.1) is 0 Å². The van der Waals surface area contributed by atoms with E-state index in [9.17, 15) is 23.3 Å². The number of amides is 1. The van der Waals surface area contributed by atoms with Crippen LogP contribution in [0.5, 0.6) is 0 Å². The summed E-state index contributed by atoms with van der Waals surface area (Å²) in [4.78, 5) is 24.2. The SMILES string of the molecule is O=C(c1ccc(S(=O)(=O)c2ccccc2Cl)c([N+](=O)[O-])c1)N1CCCCC1. The fraction of sp³-hybridized carbons (Fsp3) is 0.278. The Kier molecular flexibility index (Phi) is 5.48. The molecule has 1 amide bonds. The summed E-state index contributed by atoms with van der Waals surface area (Å²) in [6.07, 6.45) is 2.80. The van der Waals surface area contributed by atoms with Gasteiger partial charge in [-0.1, -0.05) is 23.7 Å². The average molecular weight is 409 g/mol. The molecule has 0 unspecified atom stereocenters. The number of piperidine rings is 1. The lowest BCUT2D eigenvalue weighted by molar-refractivity contribution is -0.387. The number of carbonyl (C=O) groups is 1. The van der Waals surface area contributed by atoms with E-state index in [0.717, 1.165) is 31.4 Å². The van der Waals surface area contributed by atoms with E-state index >= 15 is 0 Å². The van der Waals surface area contributed by atoms with Crippen LogP contribution >= 0.6 is 11.6 Å². The minimum Gasteiger partial charge on any atom is -0.339 e. The highest BCUT2D eigenvalue weighted by Crippen LogP contribution is 2.33. The Hall–Kier alpha value is -2.45. The maximum absolute atomic E-state index is 12.9. The Bertz CT molecular complexity index is 1000. The normalized spacial score (nSPS) is 14.8. The van der Waals surface area contributed by atoms with Gasteiger partial charge in [0.1, 0.15) is 4.90 Å². The summed E-state index contributed by atoms with van der Waals surface area (Å²) >= 11 is 5.96. The first-order valence-corrected chi connectivity index (χ1v) is 10.3. The molecule has 0 spiro atoms. The molecule has 1 aliphatic rings. The van der Waals surface area contributed by atoms with Gasteiger partial charge in [0, 0.05) is 24.7 Å². The van der Waals surface area contributed by atoms with Crippen LogP contribution in [0.2, 0.25) is 5.02 Å². The lowest BCUT2D eigenvalue weighted by Gasteiger charge is -2.26. The molecule has 1 fully saturated rings. The van der Waals surface area contributed by atoms with Crippen molar-refractivity contribution in [2.45, 2.75) is 29.1 Å². The lowest BCUT2D eigenvalue weighted by Crippen LogP contribution is -2.35. The van der Waals surface area contributed by atoms with E-state index in [0.29, 0.717) is 13.1 Å². The third kappa shape index (κ3) is 3.81. The van der Waals surface area contributed by atoms with E-state index in [1.54, 1.807) is 11.0 Å². The molecule has 9 heteroatoms. The van der Waals surface area contributed by atoms with E-state index < -0.39 is 25.3 Å². The summed E-state index contributed by atoms with van der Waals surface area (Å²) in [7, 11) is -4.21. The quantitative estimate of drug-likeness (QED) is 0.567. The van der Waals surface area contributed by atoms with Gasteiger partial charge in [0.25, 0.3) is 11.6 Å². The molecule has 142 valence electrons. The summed E-state index contributed by atoms with van der Waals surface area (Å²) in [5.74, 6) is -0.334. The number of nitro groups is 1. The summed E-state index contributed by atoms with van der Waals surface area (Å²) < 4.78 is 25.8. The van der Waals surface area contributed by atoms with Crippen molar-refractivity contribution >= 4 is 33.0 Å². The molecular weight excluding hydrogens is 392 g/mol. The summed E-state index contributed by atoms with van der Waals surface area (Å²) in [6.45, 7) is 1.18. The zero-order valence-electron chi connectivity index (χ0n) is 14.3. The van der Waals surface area contributed by atoms with Gasteiger partial charge in [-0.3, -0.25) is 14.9 Å². The van der Waals surface area contributed by atoms with Crippen LogP contribution in [0, 0.1) is 10.1 Å². The zero-order chi connectivity index (χ0) is 19.6. The third-order valence-electron chi connectivity index (χ3n) is 4.46. The highest BCUT2D eigenvalue weighted by atomic mass is 35.5. The number of nitrogens with zero attached hydrogens (tertiary/aromatic N) is 2. The monoisotopic (exact) mass is 408 g/mol. The molecule has 0 saturated carbocycles. The van der Waals surface area contributed by atoms with Crippen molar-refractivity contribution in [1.82, 2.24) is 4.90 Å². The van der Waals surface area contributed by atoms with Crippen LogP contribution in [0.3, 0.4) is 0 Å². The second kappa shape index (κ2) is 7.66. The van der Waals surface area contributed by atoms with E-state index in [1.807, 2.05) is 0 Å². The second-order valence-electron chi connectivity index (χ2n) is 6.23. The molecule has 0 bridgehead atoms. The summed E-state index contributed by atoms with van der Waals surface area (Å²) in [5, 5.41) is 11.5. The van der Waals surface area contributed by atoms with Crippen LogP contribution in [0.25, 0.3) is 0 Å². The Morgan fingerprint density at radius 2 is 1.70 bits per heavy atom. The number of benzene rings is 2. The number of nitro benzene ring substituents is 1. The molecule has 1 aliphatic heterocycles. The van der Waals surface area contributed by atoms with Crippen LogP contribution in [0.15, 0.2) is 52.3 Å². The van der Waals surface area contributed by atoms with Gasteiger partial charge < -0.3 is 4.90 Å². The number of halogens is 1. The molecular formula is C18H17ClN2O5S. The van der Waals surface area contributed by atoms with Gasteiger partial charge in [-0.25, -0.2) is 8.42 Å². The first kappa shape index (κ1) is 19.3. The van der Waals surface area contributed by atoms with Crippen molar-refractivity contribution in [3.8, 4) is 0 Å². The minimum absolute atomic E-state index is 0.0275. The van der Waals surface area contributed by atoms with E-state index in [2.05, 4.69) is 0 Å². The number of sulfone groups is 1. The van der Waals surface area contributed by atoms with Gasteiger partial charge in [-0.05, 0) is 43.5 Å². The maximum Gasteiger partial charge on any atom is 0.289 e. The Morgan fingerprint density at radius 3 is 2.33 bits per heavy atom. The van der Waals surface area contributed by atoms with Crippen molar-refractivity contribution in [2.24, 2.45) is 0 Å². The third-order valence-corrected chi connectivity index (χ3v) is 6.76. The minimum atomic E-state index is -4.21. The number of hydrogen-bond acceptors (Lipinski definition) is 5. The molecule has 0 N–H and O–H groups in total. The molecule has 0 atom stereocenters. The molecule has 2 aromatic carbocycles. The first-order valence-electron chi connectivity index (χ1n) is 8.39. The summed E-state index contributed by atoms with van der Waals surface area (Å²) in [6, 6.07) is 9.18. The largest absolute Gasteiger partial charge is 0.339 e. The van der Waals surface area contributed by atoms with Crippen molar-refractivity contribution in [1.29, 1.82) is 0 Å². The Morgan fingerprint density at radius 1 is 1.04 bits per heavy atom. The fourth-order valence-electron chi connectivity index (χ4n) is 3.08. The predicted octanol–water partition coefficient (Wildman–Crippen LogP) is 3.71. The van der Waals surface area contributed by atoms with Crippen LogP contribution < -0.4 is 0 Å². The molecule has 2 aromatic rings. The van der Waals surface area contributed by atoms with Crippen LogP contribution in [0.1, 0.15) is 29.6 Å². The van der Waals surface area contributed by atoms with Gasteiger partial charge in [0.2, 0.25) is 9.84 Å². The first-order chi connectivity index (χ1) is 12.8. The molecule has 27 heavy (non-hydrogen) atoms. The average Bonchev–Trinajstić information content (AvgIpc) is 2.67. The standard InChI is InChI=1S/C18H17ClN2O5S/c19-14-6-2-3-7-16(14)27(25,26)17-9-8-13(12-15(17)21(23)24)18(22)20-10-4-1-5-11-20/h2-3,6-9,12H,1,4-5,10-11H2. The molecule has 0 aromatic heterocycles. The molecule has 7 nitrogen and oxygen atoms in total. The van der Waals surface area contributed by atoms with Gasteiger partial charge in [-0.2, -0.15) is 0 Å². The van der Waals surface area contributed by atoms with E-state index in [4.69, 9.17) is 11.6 Å². The van der Waals surface area contributed by atoms with Crippen molar-refractivity contribution in [3.05, 3.63) is 63.2 Å². The van der Waals surface area contributed by atoms with Crippen LogP contribution in [-0.4, -0.2) is 37.2 Å². The topological polar surface area (TPSA) is 97.6 Å². The smallest absolute Gasteiger partial charge is 0.289 e. The van der Waals surface area contributed by atoms with E-state index in [1.165, 1.54) is 24.3 Å². The van der Waals surface area contributed by atoms with Gasteiger partial charge >= 0.3 is 0 Å². The predicted molar refractivity (Wildman–Crippen MR) is 99.8 cm³/mol. The maximum atomic E-state index is 12.9. The zero-order valence-corrected chi connectivity index (χ0v) is 15.9.